The molecule has 0 aliphatic carbocycles. The van der Waals surface area contributed by atoms with Crippen molar-refractivity contribution in [2.24, 2.45) is 10.2 Å². The number of rotatable bonds is 10. The Morgan fingerprint density at radius 2 is 1.28 bits per heavy atom. The van der Waals surface area contributed by atoms with Gasteiger partial charge in [-0.15, -0.1) is 0 Å². The smallest absolute Gasteiger partial charge is 0.245 e. The molecule has 0 aliphatic rings. The monoisotopic (exact) mass is 436 g/mol. The molecule has 3 rings (SSSR count). The molecule has 2 N–H and O–H groups in total. The van der Waals surface area contributed by atoms with Crippen LogP contribution in [-0.2, 0) is 0 Å². The Bertz CT molecular complexity index is 1020. The van der Waals surface area contributed by atoms with E-state index in [1.165, 1.54) is 0 Å². The summed E-state index contributed by atoms with van der Waals surface area (Å²) in [6.45, 7) is 0. The number of benzene rings is 2. The molecule has 10 heteroatoms. The zero-order chi connectivity index (χ0) is 22.8. The van der Waals surface area contributed by atoms with Gasteiger partial charge in [0.2, 0.25) is 5.95 Å². The van der Waals surface area contributed by atoms with Gasteiger partial charge in [-0.25, -0.2) is 10.4 Å². The molecule has 0 bridgehead atoms. The van der Waals surface area contributed by atoms with Crippen LogP contribution in [0.2, 0.25) is 0 Å². The summed E-state index contributed by atoms with van der Waals surface area (Å²) < 4.78 is 21.1. The summed E-state index contributed by atoms with van der Waals surface area (Å²) in [5.41, 5.74) is 7.14. The number of ether oxygens (including phenoxy) is 4. The molecule has 0 fully saturated rings. The fraction of sp³-hybridized carbons (Fsp3) is 0.182. The van der Waals surface area contributed by atoms with E-state index in [9.17, 15) is 0 Å². The molecule has 3 aromatic rings. The number of aromatic nitrogens is 2. The minimum absolute atomic E-state index is 0.294. The highest BCUT2D eigenvalue weighted by Crippen LogP contribution is 2.23. The van der Waals surface area contributed by atoms with Gasteiger partial charge in [-0.2, -0.15) is 15.2 Å². The van der Waals surface area contributed by atoms with E-state index >= 15 is 0 Å². The van der Waals surface area contributed by atoms with Gasteiger partial charge < -0.3 is 18.9 Å². The Morgan fingerprint density at radius 3 is 1.81 bits per heavy atom. The van der Waals surface area contributed by atoms with Crippen LogP contribution in [0.4, 0.5) is 11.8 Å². The van der Waals surface area contributed by atoms with Crippen molar-refractivity contribution < 1.29 is 18.9 Å². The lowest BCUT2D eigenvalue weighted by Gasteiger charge is -2.07. The lowest BCUT2D eigenvalue weighted by molar-refractivity contribution is 0.402. The van der Waals surface area contributed by atoms with Crippen molar-refractivity contribution in [2.75, 3.05) is 39.3 Å². The highest BCUT2D eigenvalue weighted by atomic mass is 16.5. The first-order chi connectivity index (χ1) is 15.7. The summed E-state index contributed by atoms with van der Waals surface area (Å²) in [6.07, 6.45) is 4.79. The third-order valence-corrected chi connectivity index (χ3v) is 4.28. The van der Waals surface area contributed by atoms with Crippen molar-refractivity contribution in [1.29, 1.82) is 0 Å². The Labute approximate surface area is 185 Å². The third-order valence-electron chi connectivity index (χ3n) is 4.28. The molecule has 0 radical (unpaired) electrons. The third kappa shape index (κ3) is 5.85. The van der Waals surface area contributed by atoms with Gasteiger partial charge in [0, 0.05) is 23.4 Å². The summed E-state index contributed by atoms with van der Waals surface area (Å²) >= 11 is 0. The number of methoxy groups -OCH3 is 4. The molecule has 0 aliphatic heterocycles. The normalized spacial score (nSPS) is 10.9. The van der Waals surface area contributed by atoms with Gasteiger partial charge in [0.15, 0.2) is 5.82 Å². The van der Waals surface area contributed by atoms with E-state index in [1.54, 1.807) is 59.2 Å². The number of hydrogen-bond donors (Lipinski definition) is 2. The van der Waals surface area contributed by atoms with Crippen LogP contribution in [0.25, 0.3) is 0 Å². The second-order valence-corrected chi connectivity index (χ2v) is 6.22. The first-order valence-corrected chi connectivity index (χ1v) is 9.52. The predicted octanol–water partition coefficient (Wildman–Crippen LogP) is 3.40. The fourth-order valence-electron chi connectivity index (χ4n) is 2.68. The molecule has 0 unspecified atom stereocenters. The first-order valence-electron chi connectivity index (χ1n) is 9.52. The predicted molar refractivity (Wildman–Crippen MR) is 124 cm³/mol. The molecule has 10 nitrogen and oxygen atoms in total. The SMILES string of the molecule is COc1ccc(OC)c(/C=N/Nc2ccnc(N/N=C/c3cc(OC)ccc3OC)n2)c1. The lowest BCUT2D eigenvalue weighted by atomic mass is 10.2. The topological polar surface area (TPSA) is 111 Å². The van der Waals surface area contributed by atoms with E-state index in [0.29, 0.717) is 34.8 Å². The number of hydrogen-bond acceptors (Lipinski definition) is 10. The summed E-state index contributed by atoms with van der Waals surface area (Å²) in [6, 6.07) is 12.5. The highest BCUT2D eigenvalue weighted by molar-refractivity contribution is 5.85. The Hall–Kier alpha value is -4.34. The van der Waals surface area contributed by atoms with E-state index in [1.807, 2.05) is 30.3 Å². The van der Waals surface area contributed by atoms with Crippen LogP contribution < -0.4 is 29.8 Å². The average Bonchev–Trinajstić information content (AvgIpc) is 2.84. The van der Waals surface area contributed by atoms with E-state index < -0.39 is 0 Å². The Kier molecular flexibility index (Phi) is 7.79. The van der Waals surface area contributed by atoms with Crippen molar-refractivity contribution in [1.82, 2.24) is 9.97 Å². The maximum atomic E-state index is 5.34. The molecular weight excluding hydrogens is 412 g/mol. The molecule has 0 saturated carbocycles. The van der Waals surface area contributed by atoms with Gasteiger partial charge in [-0.1, -0.05) is 0 Å². The number of hydrazone groups is 2. The van der Waals surface area contributed by atoms with Gasteiger partial charge in [0.05, 0.1) is 40.9 Å². The fourth-order valence-corrected chi connectivity index (χ4v) is 2.68. The van der Waals surface area contributed by atoms with Crippen molar-refractivity contribution in [2.45, 2.75) is 0 Å². The Balaban J connectivity index is 1.66. The van der Waals surface area contributed by atoms with Gasteiger partial charge in [-0.3, -0.25) is 5.43 Å². The molecule has 0 saturated heterocycles. The summed E-state index contributed by atoms with van der Waals surface area (Å²) in [5.74, 6) is 3.50. The van der Waals surface area contributed by atoms with Gasteiger partial charge in [0.25, 0.3) is 0 Å². The van der Waals surface area contributed by atoms with E-state index in [-0.39, 0.29) is 0 Å². The molecule has 0 atom stereocenters. The maximum absolute atomic E-state index is 5.34. The van der Waals surface area contributed by atoms with Crippen molar-refractivity contribution >= 4 is 24.2 Å². The van der Waals surface area contributed by atoms with Crippen molar-refractivity contribution in [3.05, 3.63) is 59.8 Å². The minimum atomic E-state index is 0.294. The molecule has 2 aromatic carbocycles. The summed E-state index contributed by atoms with van der Waals surface area (Å²) in [4.78, 5) is 8.46. The maximum Gasteiger partial charge on any atom is 0.245 e. The zero-order valence-electron chi connectivity index (χ0n) is 18.2. The molecule has 0 spiro atoms. The minimum Gasteiger partial charge on any atom is -0.497 e. The van der Waals surface area contributed by atoms with Crippen molar-refractivity contribution in [3.8, 4) is 23.0 Å². The van der Waals surface area contributed by atoms with Gasteiger partial charge in [-0.05, 0) is 36.4 Å². The summed E-state index contributed by atoms with van der Waals surface area (Å²) in [5, 5.41) is 8.38. The molecule has 32 heavy (non-hydrogen) atoms. The van der Waals surface area contributed by atoms with Crippen LogP contribution in [0.15, 0.2) is 58.9 Å². The highest BCUT2D eigenvalue weighted by Gasteiger charge is 2.04. The molecular formula is C22H24N6O4. The van der Waals surface area contributed by atoms with Crippen LogP contribution in [0.1, 0.15) is 11.1 Å². The molecule has 0 amide bonds. The Morgan fingerprint density at radius 1 is 0.719 bits per heavy atom. The van der Waals surface area contributed by atoms with E-state index in [4.69, 9.17) is 18.9 Å². The second-order valence-electron chi connectivity index (χ2n) is 6.22. The zero-order valence-corrected chi connectivity index (χ0v) is 18.2. The average molecular weight is 436 g/mol. The summed E-state index contributed by atoms with van der Waals surface area (Å²) in [7, 11) is 6.38. The first kappa shape index (κ1) is 22.3. The number of anilines is 2. The molecule has 1 aromatic heterocycles. The number of nitrogens with one attached hydrogen (secondary N) is 2. The van der Waals surface area contributed by atoms with Crippen LogP contribution in [-0.4, -0.2) is 50.8 Å². The van der Waals surface area contributed by atoms with E-state index in [2.05, 4.69) is 31.0 Å². The van der Waals surface area contributed by atoms with Crippen molar-refractivity contribution in [3.63, 3.8) is 0 Å². The second kappa shape index (κ2) is 11.2. The van der Waals surface area contributed by atoms with Gasteiger partial charge >= 0.3 is 0 Å². The quantitative estimate of drug-likeness (QED) is 0.367. The largest absolute Gasteiger partial charge is 0.497 e. The molecule has 166 valence electrons. The lowest BCUT2D eigenvalue weighted by Crippen LogP contribution is -2.01. The van der Waals surface area contributed by atoms with Gasteiger partial charge in [0.1, 0.15) is 23.0 Å². The standard InChI is InChI=1S/C22H24N6O4/c1-29-17-5-7-19(31-3)15(11-17)13-24-27-21-9-10-23-22(26-21)28-25-14-16-12-18(30-2)6-8-20(16)32-4/h5-14H,1-4H3,(H2,23,26,27,28)/b24-13+,25-14+. The van der Waals surface area contributed by atoms with Crippen LogP contribution in [0.5, 0.6) is 23.0 Å². The number of nitrogens with zero attached hydrogens (tertiary/aromatic N) is 4. The van der Waals surface area contributed by atoms with Crippen LogP contribution >= 0.6 is 0 Å². The van der Waals surface area contributed by atoms with E-state index in [0.717, 1.165) is 11.1 Å². The molecule has 1 heterocycles. The van der Waals surface area contributed by atoms with Crippen LogP contribution in [0, 0.1) is 0 Å². The van der Waals surface area contributed by atoms with Crippen LogP contribution in [0.3, 0.4) is 0 Å².